The lowest BCUT2D eigenvalue weighted by molar-refractivity contribution is 0.0607. The van der Waals surface area contributed by atoms with Gasteiger partial charge in [-0.25, -0.2) is 4.79 Å². The minimum atomic E-state index is -1.20. The highest BCUT2D eigenvalue weighted by molar-refractivity contribution is 8.01. The molecule has 4 nitrogen and oxygen atoms in total. The Balaban J connectivity index is 3.34. The third-order valence-electron chi connectivity index (χ3n) is 2.05. The van der Waals surface area contributed by atoms with Crippen LogP contribution in [0.5, 0.6) is 0 Å². The number of methoxy groups -OCH3 is 1. The number of carbonyl (C=O) groups excluding carboxylic acids is 1. The average Bonchev–Trinajstić information content (AvgIpc) is 2.64. The summed E-state index contributed by atoms with van der Waals surface area (Å²) in [6, 6.07) is 0. The molecule has 96 valence electrons. The van der Waals surface area contributed by atoms with E-state index in [1.165, 1.54) is 30.2 Å². The molecule has 1 unspecified atom stereocenters. The molecule has 17 heavy (non-hydrogen) atoms. The van der Waals surface area contributed by atoms with E-state index in [4.69, 9.17) is 5.73 Å². The summed E-state index contributed by atoms with van der Waals surface area (Å²) < 4.78 is 17.6. The summed E-state index contributed by atoms with van der Waals surface area (Å²) in [5.74, 6) is -0.477. The standard InChI is InChI=1S/C10H15NO3S3/c1-5(2)17(13)8-6(11)7(9(12)14-3)16-10(8)15-4/h5H,11H2,1-4H3. The van der Waals surface area contributed by atoms with Crippen molar-refractivity contribution in [3.8, 4) is 0 Å². The van der Waals surface area contributed by atoms with Crippen LogP contribution >= 0.6 is 23.1 Å². The van der Waals surface area contributed by atoms with Crippen LogP contribution in [0.4, 0.5) is 5.69 Å². The Bertz CT molecular complexity index is 454. The van der Waals surface area contributed by atoms with Gasteiger partial charge in [-0.1, -0.05) is 13.8 Å². The molecular formula is C10H15NO3S3. The average molecular weight is 293 g/mol. The fraction of sp³-hybridized carbons (Fsp3) is 0.500. The Morgan fingerprint density at radius 3 is 2.53 bits per heavy atom. The van der Waals surface area contributed by atoms with Gasteiger partial charge in [0.05, 0.1) is 32.7 Å². The Hall–Kier alpha value is -0.530. The Labute approximate surface area is 111 Å². The molecule has 1 aromatic rings. The van der Waals surface area contributed by atoms with Crippen molar-refractivity contribution < 1.29 is 13.7 Å². The fourth-order valence-corrected chi connectivity index (χ4v) is 4.74. The highest BCUT2D eigenvalue weighted by Crippen LogP contribution is 2.40. The normalized spacial score (nSPS) is 12.8. The van der Waals surface area contributed by atoms with E-state index in [1.807, 2.05) is 20.1 Å². The van der Waals surface area contributed by atoms with Crippen molar-refractivity contribution in [2.24, 2.45) is 0 Å². The maximum absolute atomic E-state index is 12.1. The van der Waals surface area contributed by atoms with Gasteiger partial charge in [0, 0.05) is 5.25 Å². The molecule has 0 spiro atoms. The van der Waals surface area contributed by atoms with Crippen LogP contribution in [0.1, 0.15) is 23.5 Å². The number of rotatable bonds is 4. The van der Waals surface area contributed by atoms with Gasteiger partial charge < -0.3 is 10.5 Å². The summed E-state index contributed by atoms with van der Waals surface area (Å²) >= 11 is 2.68. The molecular weight excluding hydrogens is 278 g/mol. The smallest absolute Gasteiger partial charge is 0.350 e. The monoisotopic (exact) mass is 293 g/mol. The molecule has 0 aliphatic rings. The Kier molecular flexibility index (Phi) is 5.03. The zero-order valence-electron chi connectivity index (χ0n) is 10.1. The Morgan fingerprint density at radius 2 is 2.12 bits per heavy atom. The predicted molar refractivity (Wildman–Crippen MR) is 73.4 cm³/mol. The first-order valence-electron chi connectivity index (χ1n) is 4.89. The molecule has 0 fully saturated rings. The van der Waals surface area contributed by atoms with Crippen LogP contribution < -0.4 is 5.73 Å². The van der Waals surface area contributed by atoms with Crippen molar-refractivity contribution in [1.29, 1.82) is 0 Å². The molecule has 7 heteroatoms. The van der Waals surface area contributed by atoms with E-state index in [-0.39, 0.29) is 5.25 Å². The second kappa shape index (κ2) is 5.88. The van der Waals surface area contributed by atoms with Crippen molar-refractivity contribution in [3.63, 3.8) is 0 Å². The molecule has 0 aliphatic heterocycles. The molecule has 0 aliphatic carbocycles. The number of esters is 1. The number of carbonyl (C=O) groups is 1. The quantitative estimate of drug-likeness (QED) is 0.681. The van der Waals surface area contributed by atoms with Gasteiger partial charge in [-0.3, -0.25) is 4.21 Å². The summed E-state index contributed by atoms with van der Waals surface area (Å²) in [6.45, 7) is 3.71. The number of nitrogens with two attached hydrogens (primary N) is 1. The van der Waals surface area contributed by atoms with Gasteiger partial charge in [0.25, 0.3) is 0 Å². The van der Waals surface area contributed by atoms with Gasteiger partial charge in [0.1, 0.15) is 4.88 Å². The minimum absolute atomic E-state index is 0.0386. The molecule has 0 amide bonds. The van der Waals surface area contributed by atoms with E-state index in [0.717, 1.165) is 4.21 Å². The van der Waals surface area contributed by atoms with E-state index in [9.17, 15) is 9.00 Å². The first-order chi connectivity index (χ1) is 7.93. The van der Waals surface area contributed by atoms with Crippen LogP contribution in [0.3, 0.4) is 0 Å². The second-order valence-corrected chi connectivity index (χ2v) is 7.54. The van der Waals surface area contributed by atoms with Crippen molar-refractivity contribution in [1.82, 2.24) is 0 Å². The van der Waals surface area contributed by atoms with E-state index < -0.39 is 16.8 Å². The number of nitrogen functional groups attached to an aromatic ring is 1. The zero-order chi connectivity index (χ0) is 13.2. The predicted octanol–water partition coefficient (Wildman–Crippen LogP) is 2.35. The van der Waals surface area contributed by atoms with Gasteiger partial charge in [-0.05, 0) is 6.26 Å². The van der Waals surface area contributed by atoms with Gasteiger partial charge in [-0.15, -0.1) is 23.1 Å². The van der Waals surface area contributed by atoms with Crippen molar-refractivity contribution in [2.75, 3.05) is 19.1 Å². The molecule has 0 aromatic carbocycles. The summed E-state index contributed by atoms with van der Waals surface area (Å²) in [6.07, 6.45) is 1.87. The first kappa shape index (κ1) is 14.5. The number of thioether (sulfide) groups is 1. The molecule has 2 N–H and O–H groups in total. The summed E-state index contributed by atoms with van der Waals surface area (Å²) in [4.78, 5) is 12.4. The summed E-state index contributed by atoms with van der Waals surface area (Å²) in [7, 11) is 0.106. The number of anilines is 1. The molecule has 1 aromatic heterocycles. The van der Waals surface area contributed by atoms with E-state index >= 15 is 0 Å². The minimum Gasteiger partial charge on any atom is -0.465 e. The van der Waals surface area contributed by atoms with Crippen molar-refractivity contribution >= 4 is 45.6 Å². The van der Waals surface area contributed by atoms with E-state index in [0.29, 0.717) is 15.5 Å². The van der Waals surface area contributed by atoms with Crippen molar-refractivity contribution in [2.45, 2.75) is 28.2 Å². The van der Waals surface area contributed by atoms with Crippen LogP contribution in [0.15, 0.2) is 9.10 Å². The number of hydrogen-bond acceptors (Lipinski definition) is 6. The molecule has 0 saturated heterocycles. The lowest BCUT2D eigenvalue weighted by Gasteiger charge is -2.06. The van der Waals surface area contributed by atoms with Gasteiger partial charge in [0.2, 0.25) is 0 Å². The van der Waals surface area contributed by atoms with Crippen LogP contribution in [0, 0.1) is 0 Å². The molecule has 1 atom stereocenters. The topological polar surface area (TPSA) is 69.4 Å². The van der Waals surface area contributed by atoms with Gasteiger partial charge in [-0.2, -0.15) is 0 Å². The van der Waals surface area contributed by atoms with Gasteiger partial charge >= 0.3 is 5.97 Å². The van der Waals surface area contributed by atoms with E-state index in [2.05, 4.69) is 4.74 Å². The summed E-state index contributed by atoms with van der Waals surface area (Å²) in [5.41, 5.74) is 6.19. The second-order valence-electron chi connectivity index (χ2n) is 3.50. The fourth-order valence-electron chi connectivity index (χ4n) is 1.21. The van der Waals surface area contributed by atoms with Crippen LogP contribution in [0.2, 0.25) is 0 Å². The third-order valence-corrected chi connectivity index (χ3v) is 6.30. The van der Waals surface area contributed by atoms with Crippen LogP contribution in [0.25, 0.3) is 0 Å². The van der Waals surface area contributed by atoms with Gasteiger partial charge in [0.15, 0.2) is 0 Å². The van der Waals surface area contributed by atoms with Crippen molar-refractivity contribution in [3.05, 3.63) is 4.88 Å². The van der Waals surface area contributed by atoms with Crippen LogP contribution in [-0.4, -0.2) is 28.8 Å². The van der Waals surface area contributed by atoms with Crippen LogP contribution in [-0.2, 0) is 15.5 Å². The lowest BCUT2D eigenvalue weighted by atomic mass is 10.4. The number of ether oxygens (including phenoxy) is 1. The first-order valence-corrected chi connectivity index (χ1v) is 8.14. The SMILES string of the molecule is COC(=O)c1sc(SC)c(S(=O)C(C)C)c1N. The zero-order valence-corrected chi connectivity index (χ0v) is 12.6. The highest BCUT2D eigenvalue weighted by Gasteiger charge is 2.26. The molecule has 1 heterocycles. The number of thiophene rings is 1. The highest BCUT2D eigenvalue weighted by atomic mass is 32.2. The maximum atomic E-state index is 12.1. The summed E-state index contributed by atoms with van der Waals surface area (Å²) in [5, 5.41) is -0.0386. The third kappa shape index (κ3) is 2.83. The maximum Gasteiger partial charge on any atom is 0.350 e. The van der Waals surface area contributed by atoms with E-state index in [1.54, 1.807) is 0 Å². The molecule has 0 saturated carbocycles. The Morgan fingerprint density at radius 1 is 1.53 bits per heavy atom. The molecule has 0 radical (unpaired) electrons. The number of hydrogen-bond donors (Lipinski definition) is 1. The lowest BCUT2D eigenvalue weighted by Crippen LogP contribution is -2.09. The largest absolute Gasteiger partial charge is 0.465 e. The molecule has 1 rings (SSSR count). The molecule has 0 bridgehead atoms.